The molecule has 1 aliphatic carbocycles. The van der Waals surface area contributed by atoms with E-state index in [1.165, 1.54) is 16.8 Å². The van der Waals surface area contributed by atoms with Crippen LogP contribution in [0.15, 0.2) is 67.0 Å². The van der Waals surface area contributed by atoms with Gasteiger partial charge in [0.15, 0.2) is 11.5 Å². The molecule has 1 aromatic carbocycles. The standard InChI is InChI=1S/C19H24N2O.C9H12O2/c1-4-5-6-7-17-10-15-12-19(22)13-21(14(2)3)9-8-16(19)11-18(15)20-17;1-7-4-5-8(10-2)9(6-7)11-3/h4-10,16,20,22H,2,11-13H2,1,3H3;4-6H,1-3H3/b5-4-,7-6-;. The van der Waals surface area contributed by atoms with E-state index < -0.39 is 5.60 Å². The summed E-state index contributed by atoms with van der Waals surface area (Å²) in [6.45, 7) is 10.6. The molecule has 0 saturated carbocycles. The predicted molar refractivity (Wildman–Crippen MR) is 135 cm³/mol. The highest BCUT2D eigenvalue weighted by molar-refractivity contribution is 5.51. The second kappa shape index (κ2) is 10.6. The number of H-pyrrole nitrogens is 1. The molecule has 5 heteroatoms. The minimum absolute atomic E-state index is 0.168. The van der Waals surface area contributed by atoms with Gasteiger partial charge >= 0.3 is 0 Å². The fourth-order valence-electron chi connectivity index (χ4n) is 4.32. The van der Waals surface area contributed by atoms with Gasteiger partial charge in [-0.1, -0.05) is 36.9 Å². The summed E-state index contributed by atoms with van der Waals surface area (Å²) in [6, 6.07) is 7.99. The van der Waals surface area contributed by atoms with Crippen LogP contribution >= 0.6 is 0 Å². The maximum Gasteiger partial charge on any atom is 0.160 e. The van der Waals surface area contributed by atoms with Gasteiger partial charge in [0.1, 0.15) is 0 Å². The van der Waals surface area contributed by atoms with Crippen molar-refractivity contribution in [1.82, 2.24) is 9.88 Å². The molecule has 0 radical (unpaired) electrons. The Morgan fingerprint density at radius 3 is 2.64 bits per heavy atom. The Morgan fingerprint density at radius 2 is 1.97 bits per heavy atom. The Labute approximate surface area is 197 Å². The molecule has 2 atom stereocenters. The molecule has 2 N–H and O–H groups in total. The predicted octanol–water partition coefficient (Wildman–Crippen LogP) is 5.43. The average Bonchev–Trinajstić information content (AvgIpc) is 3.17. The Bertz CT molecular complexity index is 1060. The van der Waals surface area contributed by atoms with Crippen LogP contribution in [0.4, 0.5) is 0 Å². The minimum atomic E-state index is -0.701. The zero-order valence-electron chi connectivity index (χ0n) is 20.4. The van der Waals surface area contributed by atoms with E-state index in [1.807, 2.05) is 62.1 Å². The first kappa shape index (κ1) is 24.5. The lowest BCUT2D eigenvalue weighted by molar-refractivity contribution is -0.0301. The summed E-state index contributed by atoms with van der Waals surface area (Å²) in [5.41, 5.74) is 5.03. The van der Waals surface area contributed by atoms with Crippen LogP contribution in [0.1, 0.15) is 36.4 Å². The zero-order chi connectivity index (χ0) is 24.0. The number of methoxy groups -OCH3 is 2. The molecule has 2 unspecified atom stereocenters. The monoisotopic (exact) mass is 448 g/mol. The van der Waals surface area contributed by atoms with E-state index in [0.29, 0.717) is 13.0 Å². The summed E-state index contributed by atoms with van der Waals surface area (Å²) in [7, 11) is 3.27. The minimum Gasteiger partial charge on any atom is -0.493 e. The summed E-state index contributed by atoms with van der Waals surface area (Å²) in [5, 5.41) is 11.1. The number of fused-ring (bicyclic) bond motifs is 2. The highest BCUT2D eigenvalue weighted by atomic mass is 16.5. The SMILES string of the molecule is C=C(C)N1C=CC2Cc3[nH]c(/C=C\C=C/C)cc3CC2(O)C1.COc1ccc(C)cc1OC. The van der Waals surface area contributed by atoms with Crippen LogP contribution in [0.2, 0.25) is 0 Å². The zero-order valence-corrected chi connectivity index (χ0v) is 20.4. The van der Waals surface area contributed by atoms with Crippen molar-refractivity contribution in [2.45, 2.75) is 39.2 Å². The second-order valence-electron chi connectivity index (χ2n) is 8.77. The Morgan fingerprint density at radius 1 is 1.21 bits per heavy atom. The second-order valence-corrected chi connectivity index (χ2v) is 8.77. The molecule has 2 aromatic rings. The number of allylic oxidation sites excluding steroid dienone is 4. The van der Waals surface area contributed by atoms with Crippen LogP contribution in [0.25, 0.3) is 6.08 Å². The number of aliphatic hydroxyl groups is 1. The molecule has 33 heavy (non-hydrogen) atoms. The van der Waals surface area contributed by atoms with Crippen molar-refractivity contribution >= 4 is 6.08 Å². The Hall–Kier alpha value is -3.18. The number of β-amino-alcohol motifs (C(OH)–C–C–N with tert-alkyl or cyclic N) is 1. The van der Waals surface area contributed by atoms with Gasteiger partial charge in [-0.05, 0) is 62.6 Å². The van der Waals surface area contributed by atoms with E-state index >= 15 is 0 Å². The summed E-state index contributed by atoms with van der Waals surface area (Å²) in [5.74, 6) is 1.73. The van der Waals surface area contributed by atoms with Gasteiger partial charge in [0.05, 0.1) is 26.4 Å². The fraction of sp³-hybridized carbons (Fsp3) is 0.357. The third kappa shape index (κ3) is 5.79. The number of hydrogen-bond donors (Lipinski definition) is 2. The van der Waals surface area contributed by atoms with E-state index in [-0.39, 0.29) is 5.92 Å². The Kier molecular flexibility index (Phi) is 7.88. The quantitative estimate of drug-likeness (QED) is 0.599. The van der Waals surface area contributed by atoms with Crippen molar-refractivity contribution < 1.29 is 14.6 Å². The molecule has 4 rings (SSSR count). The van der Waals surface area contributed by atoms with Gasteiger partial charge in [0.25, 0.3) is 0 Å². The molecule has 2 aliphatic rings. The van der Waals surface area contributed by atoms with E-state index in [4.69, 9.17) is 9.47 Å². The first-order valence-corrected chi connectivity index (χ1v) is 11.3. The highest BCUT2D eigenvalue weighted by Crippen LogP contribution is 2.38. The number of rotatable bonds is 5. The molecule has 2 heterocycles. The topological polar surface area (TPSA) is 57.7 Å². The number of benzene rings is 1. The van der Waals surface area contributed by atoms with Crippen LogP contribution in [0.5, 0.6) is 11.5 Å². The summed E-state index contributed by atoms with van der Waals surface area (Å²) in [4.78, 5) is 5.52. The van der Waals surface area contributed by atoms with E-state index in [1.54, 1.807) is 14.2 Å². The van der Waals surface area contributed by atoms with Crippen LogP contribution < -0.4 is 9.47 Å². The van der Waals surface area contributed by atoms with Crippen LogP contribution in [0, 0.1) is 12.8 Å². The van der Waals surface area contributed by atoms with Gasteiger partial charge in [-0.2, -0.15) is 0 Å². The molecule has 0 spiro atoms. The molecule has 5 nitrogen and oxygen atoms in total. The summed E-state index contributed by atoms with van der Waals surface area (Å²) in [6.07, 6.45) is 13.9. The van der Waals surface area contributed by atoms with Gasteiger partial charge in [-0.3, -0.25) is 0 Å². The van der Waals surface area contributed by atoms with Crippen LogP contribution in [-0.2, 0) is 12.8 Å². The lowest BCUT2D eigenvalue weighted by Crippen LogP contribution is -2.53. The number of aryl methyl sites for hydroxylation is 1. The summed E-state index contributed by atoms with van der Waals surface area (Å²) < 4.78 is 10.2. The smallest absolute Gasteiger partial charge is 0.160 e. The maximum absolute atomic E-state index is 11.1. The third-order valence-corrected chi connectivity index (χ3v) is 6.17. The van der Waals surface area contributed by atoms with Crippen molar-refractivity contribution in [3.8, 4) is 11.5 Å². The van der Waals surface area contributed by atoms with Gasteiger partial charge in [-0.25, -0.2) is 0 Å². The molecule has 0 bridgehead atoms. The largest absolute Gasteiger partial charge is 0.493 e. The van der Waals surface area contributed by atoms with E-state index in [2.05, 4.69) is 36.0 Å². The van der Waals surface area contributed by atoms with Crippen molar-refractivity contribution in [3.63, 3.8) is 0 Å². The molecule has 0 fully saturated rings. The number of hydrogen-bond acceptors (Lipinski definition) is 4. The average molecular weight is 449 g/mol. The van der Waals surface area contributed by atoms with E-state index in [9.17, 15) is 5.11 Å². The first-order valence-electron chi connectivity index (χ1n) is 11.3. The maximum atomic E-state index is 11.1. The van der Waals surface area contributed by atoms with Gasteiger partial charge in [0.2, 0.25) is 0 Å². The molecule has 1 aromatic heterocycles. The Balaban J connectivity index is 0.000000235. The molecule has 1 aliphatic heterocycles. The van der Waals surface area contributed by atoms with Crippen molar-refractivity contribution in [1.29, 1.82) is 0 Å². The summed E-state index contributed by atoms with van der Waals surface area (Å²) >= 11 is 0. The normalized spacial score (nSPS) is 21.4. The highest BCUT2D eigenvalue weighted by Gasteiger charge is 2.43. The number of nitrogens with one attached hydrogen (secondary N) is 1. The lowest BCUT2D eigenvalue weighted by atomic mass is 9.73. The van der Waals surface area contributed by atoms with Crippen molar-refractivity contribution in [3.05, 3.63) is 89.6 Å². The first-order chi connectivity index (χ1) is 15.8. The fourth-order valence-corrected chi connectivity index (χ4v) is 4.32. The lowest BCUT2D eigenvalue weighted by Gasteiger charge is -2.44. The van der Waals surface area contributed by atoms with Gasteiger partial charge in [0, 0.05) is 35.6 Å². The molecule has 0 saturated heterocycles. The molecule has 0 amide bonds. The third-order valence-electron chi connectivity index (χ3n) is 6.17. The van der Waals surface area contributed by atoms with E-state index in [0.717, 1.165) is 29.3 Å². The van der Waals surface area contributed by atoms with Crippen molar-refractivity contribution in [2.75, 3.05) is 20.8 Å². The van der Waals surface area contributed by atoms with Crippen molar-refractivity contribution in [2.24, 2.45) is 5.92 Å². The molecular weight excluding hydrogens is 412 g/mol. The number of ether oxygens (including phenoxy) is 2. The molecular formula is C28H36N2O3. The van der Waals surface area contributed by atoms with Crippen LogP contribution in [-0.4, -0.2) is 41.4 Å². The van der Waals surface area contributed by atoms with Crippen LogP contribution in [0.3, 0.4) is 0 Å². The number of aromatic nitrogens is 1. The molecule has 176 valence electrons. The number of nitrogens with zero attached hydrogens (tertiary/aromatic N) is 1. The van der Waals surface area contributed by atoms with Gasteiger partial charge in [-0.15, -0.1) is 0 Å². The number of aromatic amines is 1. The van der Waals surface area contributed by atoms with Gasteiger partial charge < -0.3 is 24.5 Å².